The van der Waals surface area contributed by atoms with Crippen molar-refractivity contribution >= 4 is 28.3 Å². The number of primary amides is 1. The monoisotopic (exact) mass is 382 g/mol. The smallest absolute Gasteiger partial charge is 0.260 e. The van der Waals surface area contributed by atoms with Crippen molar-refractivity contribution in [1.82, 2.24) is 9.97 Å². The third-order valence-electron chi connectivity index (χ3n) is 4.96. The predicted octanol–water partition coefficient (Wildman–Crippen LogP) is 3.68. The number of carbonyl (C=O) groups excluding carboxylic acids is 1. The van der Waals surface area contributed by atoms with Crippen molar-refractivity contribution in [2.75, 3.05) is 11.4 Å². The van der Waals surface area contributed by atoms with E-state index in [1.54, 1.807) is 0 Å². The molecule has 0 saturated carbocycles. The van der Waals surface area contributed by atoms with E-state index in [2.05, 4.69) is 0 Å². The number of ether oxygens (including phenoxy) is 1. The molecule has 1 atom stereocenters. The number of carbonyl (C=O) groups is 1. The number of aromatic nitrogens is 2. The van der Waals surface area contributed by atoms with Gasteiger partial charge in [0.15, 0.2) is 11.9 Å². The van der Waals surface area contributed by atoms with E-state index in [1.165, 1.54) is 0 Å². The number of amides is 1. The average Bonchev–Trinajstić information content (AvgIpc) is 2.78. The number of hydrogen-bond acceptors (Lipinski definition) is 5. The average molecular weight is 382 g/mol. The fourth-order valence-electron chi connectivity index (χ4n) is 3.57. The minimum absolute atomic E-state index is 0.279. The van der Waals surface area contributed by atoms with Gasteiger partial charge in [-0.05, 0) is 24.3 Å². The first-order chi connectivity index (χ1) is 14.2. The van der Waals surface area contributed by atoms with Gasteiger partial charge in [0.05, 0.1) is 17.7 Å². The van der Waals surface area contributed by atoms with Crippen LogP contribution in [0.3, 0.4) is 0 Å². The Bertz CT molecular complexity index is 1210. The van der Waals surface area contributed by atoms with Crippen molar-refractivity contribution in [2.45, 2.75) is 6.10 Å². The van der Waals surface area contributed by atoms with E-state index >= 15 is 0 Å². The van der Waals surface area contributed by atoms with Crippen LogP contribution in [-0.2, 0) is 4.79 Å². The van der Waals surface area contributed by atoms with Crippen LogP contribution in [0.4, 0.5) is 11.5 Å². The molecule has 1 aliphatic rings. The van der Waals surface area contributed by atoms with Gasteiger partial charge in [0.25, 0.3) is 5.91 Å². The van der Waals surface area contributed by atoms with Gasteiger partial charge in [-0.3, -0.25) is 4.79 Å². The summed E-state index contributed by atoms with van der Waals surface area (Å²) in [4.78, 5) is 23.6. The lowest BCUT2D eigenvalue weighted by Gasteiger charge is -2.34. The minimum Gasteiger partial charge on any atom is -0.477 e. The minimum atomic E-state index is -0.765. The normalized spacial score (nSPS) is 15.6. The highest BCUT2D eigenvalue weighted by atomic mass is 16.5. The van der Waals surface area contributed by atoms with Crippen molar-refractivity contribution in [3.8, 4) is 17.1 Å². The van der Waals surface area contributed by atoms with E-state index in [4.69, 9.17) is 20.4 Å². The summed E-state index contributed by atoms with van der Waals surface area (Å²) in [5.41, 5.74) is 8.17. The molecule has 2 N–H and O–H groups in total. The number of para-hydroxylation sites is 3. The standard InChI is InChI=1S/C23H18N4O2/c24-21(28)20-14-27(18-12-6-7-13-19(18)29-20)23-16-10-4-5-11-17(16)25-22(26-23)15-8-2-1-3-9-15/h1-13,20H,14H2,(H2,24,28). The highest BCUT2D eigenvalue weighted by Crippen LogP contribution is 2.40. The molecular formula is C23H18N4O2. The van der Waals surface area contributed by atoms with E-state index in [0.717, 1.165) is 28.0 Å². The Labute approximate surface area is 167 Å². The molecule has 0 aliphatic carbocycles. The van der Waals surface area contributed by atoms with Crippen molar-refractivity contribution in [2.24, 2.45) is 5.73 Å². The predicted molar refractivity (Wildman–Crippen MR) is 112 cm³/mol. The van der Waals surface area contributed by atoms with Gasteiger partial charge in [0, 0.05) is 10.9 Å². The van der Waals surface area contributed by atoms with Crippen molar-refractivity contribution < 1.29 is 9.53 Å². The first-order valence-electron chi connectivity index (χ1n) is 9.35. The second-order valence-electron chi connectivity index (χ2n) is 6.84. The summed E-state index contributed by atoms with van der Waals surface area (Å²) in [6.07, 6.45) is -0.765. The first-order valence-corrected chi connectivity index (χ1v) is 9.35. The fourth-order valence-corrected chi connectivity index (χ4v) is 3.57. The number of rotatable bonds is 3. The van der Waals surface area contributed by atoms with E-state index in [-0.39, 0.29) is 6.54 Å². The van der Waals surface area contributed by atoms with Gasteiger partial charge in [0.1, 0.15) is 11.6 Å². The summed E-state index contributed by atoms with van der Waals surface area (Å²) in [5, 5.41) is 0.895. The Morgan fingerprint density at radius 2 is 1.66 bits per heavy atom. The molecule has 1 aliphatic heterocycles. The molecule has 1 aromatic heterocycles. The molecule has 0 bridgehead atoms. The van der Waals surface area contributed by atoms with Crippen molar-refractivity contribution in [3.63, 3.8) is 0 Å². The van der Waals surface area contributed by atoms with Crippen LogP contribution in [0.15, 0.2) is 78.9 Å². The largest absolute Gasteiger partial charge is 0.477 e. The van der Waals surface area contributed by atoms with Crippen LogP contribution in [0.2, 0.25) is 0 Å². The Kier molecular flexibility index (Phi) is 4.09. The zero-order chi connectivity index (χ0) is 19.8. The highest BCUT2D eigenvalue weighted by Gasteiger charge is 2.31. The molecule has 6 heteroatoms. The zero-order valence-electron chi connectivity index (χ0n) is 15.5. The van der Waals surface area contributed by atoms with Gasteiger partial charge in [0.2, 0.25) is 0 Å². The number of hydrogen-bond donors (Lipinski definition) is 1. The summed E-state index contributed by atoms with van der Waals surface area (Å²) >= 11 is 0. The molecule has 1 unspecified atom stereocenters. The molecule has 2 heterocycles. The summed E-state index contributed by atoms with van der Waals surface area (Å²) in [6, 6.07) is 25.3. The van der Waals surface area contributed by atoms with Crippen LogP contribution in [0.5, 0.6) is 5.75 Å². The molecule has 1 amide bonds. The number of fused-ring (bicyclic) bond motifs is 2. The molecule has 29 heavy (non-hydrogen) atoms. The van der Waals surface area contributed by atoms with E-state index in [1.807, 2.05) is 83.8 Å². The molecule has 142 valence electrons. The zero-order valence-corrected chi connectivity index (χ0v) is 15.5. The van der Waals surface area contributed by atoms with E-state index < -0.39 is 12.0 Å². The van der Waals surface area contributed by atoms with Crippen LogP contribution in [0.1, 0.15) is 0 Å². The van der Waals surface area contributed by atoms with E-state index in [9.17, 15) is 4.79 Å². The van der Waals surface area contributed by atoms with Crippen LogP contribution in [0.25, 0.3) is 22.3 Å². The van der Waals surface area contributed by atoms with Crippen molar-refractivity contribution in [3.05, 3.63) is 78.9 Å². The Balaban J connectivity index is 1.74. The number of nitrogens with two attached hydrogens (primary N) is 1. The van der Waals surface area contributed by atoms with Gasteiger partial charge in [-0.2, -0.15) is 0 Å². The lowest BCUT2D eigenvalue weighted by atomic mass is 10.1. The number of nitrogens with zero attached hydrogens (tertiary/aromatic N) is 3. The van der Waals surface area contributed by atoms with Gasteiger partial charge in [-0.25, -0.2) is 9.97 Å². The second kappa shape index (κ2) is 6.91. The summed E-state index contributed by atoms with van der Waals surface area (Å²) in [5.74, 6) is 1.44. The summed E-state index contributed by atoms with van der Waals surface area (Å²) in [6.45, 7) is 0.279. The van der Waals surface area contributed by atoms with Gasteiger partial charge >= 0.3 is 0 Å². The maximum Gasteiger partial charge on any atom is 0.260 e. The third kappa shape index (κ3) is 3.04. The fraction of sp³-hybridized carbons (Fsp3) is 0.0870. The quantitative estimate of drug-likeness (QED) is 0.585. The lowest BCUT2D eigenvalue weighted by molar-refractivity contribution is -0.124. The third-order valence-corrected chi connectivity index (χ3v) is 4.96. The molecule has 3 aromatic carbocycles. The van der Waals surface area contributed by atoms with Crippen molar-refractivity contribution in [1.29, 1.82) is 0 Å². The van der Waals surface area contributed by atoms with E-state index in [0.29, 0.717) is 11.6 Å². The molecule has 4 aromatic rings. The van der Waals surface area contributed by atoms with Gasteiger partial charge < -0.3 is 15.4 Å². The molecule has 0 saturated heterocycles. The molecule has 0 spiro atoms. The molecular weight excluding hydrogens is 364 g/mol. The molecule has 6 nitrogen and oxygen atoms in total. The number of benzene rings is 3. The number of anilines is 2. The summed E-state index contributed by atoms with van der Waals surface area (Å²) < 4.78 is 5.81. The Morgan fingerprint density at radius 1 is 0.931 bits per heavy atom. The molecule has 0 fully saturated rings. The molecule has 0 radical (unpaired) electrons. The Morgan fingerprint density at radius 3 is 2.48 bits per heavy atom. The van der Waals surface area contributed by atoms with Crippen LogP contribution >= 0.6 is 0 Å². The first kappa shape index (κ1) is 17.2. The van der Waals surface area contributed by atoms with Gasteiger partial charge in [-0.1, -0.05) is 54.6 Å². The maximum atomic E-state index is 11.9. The van der Waals surface area contributed by atoms with Crippen LogP contribution < -0.4 is 15.4 Å². The van der Waals surface area contributed by atoms with Crippen LogP contribution in [-0.4, -0.2) is 28.5 Å². The SMILES string of the molecule is NC(=O)C1CN(c2nc(-c3ccccc3)nc3ccccc23)c2ccccc2O1. The summed E-state index contributed by atoms with van der Waals surface area (Å²) in [7, 11) is 0. The Hall–Kier alpha value is -3.93. The van der Waals surface area contributed by atoms with Gasteiger partial charge in [-0.15, -0.1) is 0 Å². The van der Waals surface area contributed by atoms with Crippen LogP contribution in [0, 0.1) is 0 Å². The highest BCUT2D eigenvalue weighted by molar-refractivity contribution is 5.94. The topological polar surface area (TPSA) is 81.3 Å². The molecule has 5 rings (SSSR count). The second-order valence-corrected chi connectivity index (χ2v) is 6.84. The maximum absolute atomic E-state index is 11.9. The lowest BCUT2D eigenvalue weighted by Crippen LogP contribution is -2.45.